The van der Waals surface area contributed by atoms with E-state index in [0.717, 1.165) is 30.9 Å². The molecule has 0 spiro atoms. The van der Waals surface area contributed by atoms with Crippen molar-refractivity contribution in [1.82, 2.24) is 10.2 Å². The fraction of sp³-hybridized carbons (Fsp3) is 0.720. The fourth-order valence-corrected chi connectivity index (χ4v) is 4.68. The second kappa shape index (κ2) is 11.6. The number of carbonyl (C=O) groups is 1. The number of hydrogen-bond donors (Lipinski definition) is 1. The first-order valence-electron chi connectivity index (χ1n) is 11.4. The van der Waals surface area contributed by atoms with Gasteiger partial charge in [0.2, 0.25) is 5.91 Å². The van der Waals surface area contributed by atoms with Gasteiger partial charge in [0.05, 0.1) is 5.92 Å². The molecule has 1 amide bonds. The maximum Gasteiger partial charge on any atom is 0.227 e. The number of carbonyl (C=O) groups excluding carboxylic acids is 1. The summed E-state index contributed by atoms with van der Waals surface area (Å²) in [6, 6.07) is 9.24. The van der Waals surface area contributed by atoms with Gasteiger partial charge in [0.1, 0.15) is 0 Å². The second-order valence-corrected chi connectivity index (χ2v) is 9.42. The highest BCUT2D eigenvalue weighted by Gasteiger charge is 2.25. The summed E-state index contributed by atoms with van der Waals surface area (Å²) in [4.78, 5) is 15.0. The average Bonchev–Trinajstić information content (AvgIpc) is 2.67. The van der Waals surface area contributed by atoms with Gasteiger partial charge in [-0.05, 0) is 76.1 Å². The van der Waals surface area contributed by atoms with E-state index < -0.39 is 0 Å². The van der Waals surface area contributed by atoms with Crippen molar-refractivity contribution in [3.63, 3.8) is 0 Å². The number of hydrogen-bond acceptors (Lipinski definition) is 2. The van der Waals surface area contributed by atoms with Gasteiger partial charge in [-0.1, -0.05) is 57.4 Å². The van der Waals surface area contributed by atoms with Crippen molar-refractivity contribution < 1.29 is 4.79 Å². The maximum atomic E-state index is 12.6. The van der Waals surface area contributed by atoms with Crippen molar-refractivity contribution in [2.24, 2.45) is 11.8 Å². The highest BCUT2D eigenvalue weighted by atomic mass is 16.1. The largest absolute Gasteiger partial charge is 0.356 e. The standard InChI is InChI=1S/C25H42N2O/c1-19(2)18-21-13-15-22(16-14-21)20(3)25(28)26-17-9-12-24(27(4)5)23-10-7-6-8-11-23/h13-16,19-20,23-24H,6-12,17-18H2,1-5H3,(H,26,28). The molecule has 0 heterocycles. The fourth-order valence-electron chi connectivity index (χ4n) is 4.68. The quantitative estimate of drug-likeness (QED) is 0.546. The van der Waals surface area contributed by atoms with Crippen molar-refractivity contribution in [2.45, 2.75) is 84.1 Å². The van der Waals surface area contributed by atoms with Crippen molar-refractivity contribution in [1.29, 1.82) is 0 Å². The van der Waals surface area contributed by atoms with E-state index in [1.165, 1.54) is 44.1 Å². The summed E-state index contributed by atoms with van der Waals surface area (Å²) in [6.45, 7) is 7.27. The minimum Gasteiger partial charge on any atom is -0.356 e. The van der Waals surface area contributed by atoms with Gasteiger partial charge in [0.25, 0.3) is 0 Å². The maximum absolute atomic E-state index is 12.6. The van der Waals surface area contributed by atoms with Crippen molar-refractivity contribution in [3.8, 4) is 0 Å². The predicted octanol–water partition coefficient (Wildman–Crippen LogP) is 5.40. The molecule has 0 aliphatic heterocycles. The third kappa shape index (κ3) is 7.24. The Morgan fingerprint density at radius 3 is 2.29 bits per heavy atom. The van der Waals surface area contributed by atoms with Gasteiger partial charge < -0.3 is 10.2 Å². The van der Waals surface area contributed by atoms with E-state index in [1.54, 1.807) is 0 Å². The Morgan fingerprint density at radius 2 is 1.71 bits per heavy atom. The number of nitrogens with zero attached hydrogens (tertiary/aromatic N) is 1. The van der Waals surface area contributed by atoms with Crippen molar-refractivity contribution in [2.75, 3.05) is 20.6 Å². The molecule has 3 heteroatoms. The molecule has 2 unspecified atom stereocenters. The van der Waals surface area contributed by atoms with Crippen LogP contribution in [0.2, 0.25) is 0 Å². The highest BCUT2D eigenvalue weighted by molar-refractivity contribution is 5.83. The third-order valence-electron chi connectivity index (χ3n) is 6.35. The van der Waals surface area contributed by atoms with Crippen LogP contribution in [0, 0.1) is 11.8 Å². The molecule has 2 atom stereocenters. The normalized spacial score (nSPS) is 17.7. The zero-order valence-electron chi connectivity index (χ0n) is 18.8. The van der Waals surface area contributed by atoms with Gasteiger partial charge in [0.15, 0.2) is 0 Å². The molecule has 28 heavy (non-hydrogen) atoms. The molecule has 0 radical (unpaired) electrons. The summed E-state index contributed by atoms with van der Waals surface area (Å²) in [5.41, 5.74) is 2.46. The van der Waals surface area contributed by atoms with Crippen LogP contribution in [-0.4, -0.2) is 37.5 Å². The molecule has 0 bridgehead atoms. The third-order valence-corrected chi connectivity index (χ3v) is 6.35. The van der Waals surface area contributed by atoms with Gasteiger partial charge in [-0.15, -0.1) is 0 Å². The molecule has 1 aromatic carbocycles. The smallest absolute Gasteiger partial charge is 0.227 e. The second-order valence-electron chi connectivity index (χ2n) is 9.42. The minimum atomic E-state index is -0.0870. The van der Waals surface area contributed by atoms with Crippen molar-refractivity contribution >= 4 is 5.91 Å². The molecule has 1 aliphatic carbocycles. The van der Waals surface area contributed by atoms with E-state index in [2.05, 4.69) is 62.4 Å². The van der Waals surface area contributed by atoms with E-state index in [-0.39, 0.29) is 11.8 Å². The average molecular weight is 387 g/mol. The molecule has 1 aliphatic rings. The highest BCUT2D eigenvalue weighted by Crippen LogP contribution is 2.30. The van der Waals surface area contributed by atoms with E-state index in [0.29, 0.717) is 12.0 Å². The summed E-state index contributed by atoms with van der Waals surface area (Å²) in [5.74, 6) is 1.56. The molecule has 1 N–H and O–H groups in total. The van der Waals surface area contributed by atoms with Crippen LogP contribution in [0.3, 0.4) is 0 Å². The number of benzene rings is 1. The van der Waals surface area contributed by atoms with Crippen LogP contribution in [0.1, 0.15) is 82.8 Å². The van der Waals surface area contributed by atoms with Gasteiger partial charge in [-0.25, -0.2) is 0 Å². The Balaban J connectivity index is 1.76. The Kier molecular flexibility index (Phi) is 9.50. The minimum absolute atomic E-state index is 0.0870. The van der Waals surface area contributed by atoms with Gasteiger partial charge in [-0.3, -0.25) is 4.79 Å². The topological polar surface area (TPSA) is 32.3 Å². The van der Waals surface area contributed by atoms with Crippen molar-refractivity contribution in [3.05, 3.63) is 35.4 Å². The molecular weight excluding hydrogens is 344 g/mol. The Hall–Kier alpha value is -1.35. The van der Waals surface area contributed by atoms with Crippen LogP contribution < -0.4 is 5.32 Å². The van der Waals surface area contributed by atoms with Crippen LogP contribution in [0.25, 0.3) is 0 Å². The van der Waals surface area contributed by atoms with E-state index in [1.807, 2.05) is 6.92 Å². The lowest BCUT2D eigenvalue weighted by molar-refractivity contribution is -0.122. The van der Waals surface area contributed by atoms with Crippen LogP contribution in [-0.2, 0) is 11.2 Å². The monoisotopic (exact) mass is 386 g/mol. The summed E-state index contributed by atoms with van der Waals surface area (Å²) >= 11 is 0. The molecular formula is C25H42N2O. The molecule has 0 aromatic heterocycles. The first kappa shape index (κ1) is 22.9. The molecule has 158 valence electrons. The predicted molar refractivity (Wildman–Crippen MR) is 120 cm³/mol. The van der Waals surface area contributed by atoms with Gasteiger partial charge >= 0.3 is 0 Å². The summed E-state index contributed by atoms with van der Waals surface area (Å²) in [7, 11) is 4.42. The van der Waals surface area contributed by atoms with Crippen LogP contribution in [0.15, 0.2) is 24.3 Å². The van der Waals surface area contributed by atoms with Crippen LogP contribution in [0.5, 0.6) is 0 Å². The van der Waals surface area contributed by atoms with Crippen LogP contribution in [0.4, 0.5) is 0 Å². The first-order valence-corrected chi connectivity index (χ1v) is 11.4. The number of rotatable bonds is 10. The molecule has 1 fully saturated rings. The van der Waals surface area contributed by atoms with E-state index >= 15 is 0 Å². The molecule has 1 saturated carbocycles. The van der Waals surface area contributed by atoms with E-state index in [9.17, 15) is 4.79 Å². The molecule has 0 saturated heterocycles. The van der Waals surface area contributed by atoms with Crippen LogP contribution >= 0.6 is 0 Å². The van der Waals surface area contributed by atoms with Gasteiger partial charge in [-0.2, -0.15) is 0 Å². The lowest BCUT2D eigenvalue weighted by Gasteiger charge is -2.35. The SMILES string of the molecule is CC(C)Cc1ccc(C(C)C(=O)NCCCC(C2CCCCC2)N(C)C)cc1. The van der Waals surface area contributed by atoms with E-state index in [4.69, 9.17) is 0 Å². The Morgan fingerprint density at radius 1 is 1.07 bits per heavy atom. The molecule has 3 nitrogen and oxygen atoms in total. The summed E-state index contributed by atoms with van der Waals surface area (Å²) < 4.78 is 0. The van der Waals surface area contributed by atoms with Gasteiger partial charge in [0, 0.05) is 12.6 Å². The first-order chi connectivity index (χ1) is 13.4. The number of amides is 1. The lowest BCUT2D eigenvalue weighted by Crippen LogP contribution is -2.37. The summed E-state index contributed by atoms with van der Waals surface area (Å²) in [5, 5.41) is 3.17. The zero-order chi connectivity index (χ0) is 20.5. The molecule has 2 rings (SSSR count). The lowest BCUT2D eigenvalue weighted by atomic mass is 9.81. The number of nitrogens with one attached hydrogen (secondary N) is 1. The zero-order valence-corrected chi connectivity index (χ0v) is 18.8. The Bertz CT molecular complexity index is 573. The summed E-state index contributed by atoms with van der Waals surface area (Å²) in [6.07, 6.45) is 10.3. The Labute approximate surface area is 173 Å². The molecule has 1 aromatic rings.